The fraction of sp³-hybridized carbons (Fsp3) is 0.400. The summed E-state index contributed by atoms with van der Waals surface area (Å²) >= 11 is 0. The fourth-order valence-corrected chi connectivity index (χ4v) is 3.39. The highest BCUT2D eigenvalue weighted by Gasteiger charge is 2.32. The summed E-state index contributed by atoms with van der Waals surface area (Å²) in [7, 11) is 3.94. The first-order chi connectivity index (χ1) is 12.4. The molecule has 0 saturated carbocycles. The molecule has 1 fully saturated rings. The molecule has 26 heavy (non-hydrogen) atoms. The molecule has 3 nitrogen and oxygen atoms in total. The summed E-state index contributed by atoms with van der Waals surface area (Å²) in [6.45, 7) is 3.28. The van der Waals surface area contributed by atoms with Crippen LogP contribution in [0.1, 0.15) is 22.7 Å². The summed E-state index contributed by atoms with van der Waals surface area (Å²) in [5.41, 5.74) is 2.16. The first-order valence-corrected chi connectivity index (χ1v) is 8.75. The molecule has 0 bridgehead atoms. The van der Waals surface area contributed by atoms with Crippen molar-refractivity contribution in [2.24, 2.45) is 0 Å². The summed E-state index contributed by atoms with van der Waals surface area (Å²) in [6, 6.07) is 13.6. The number of alkyl halides is 3. The van der Waals surface area contributed by atoms with Crippen LogP contribution in [-0.4, -0.2) is 45.2 Å². The van der Waals surface area contributed by atoms with Gasteiger partial charge in [0.1, 0.15) is 0 Å². The largest absolute Gasteiger partial charge is 0.416 e. The lowest BCUT2D eigenvalue weighted by atomic mass is 9.94. The van der Waals surface area contributed by atoms with E-state index in [-0.39, 0.29) is 6.04 Å². The van der Waals surface area contributed by atoms with Crippen LogP contribution in [0.25, 0.3) is 0 Å². The van der Waals surface area contributed by atoms with E-state index < -0.39 is 11.7 Å². The molecule has 0 aromatic heterocycles. The first kappa shape index (κ1) is 18.7. The number of benzene rings is 2. The minimum absolute atomic E-state index is 0.185. The number of hydrogen-bond donors (Lipinski definition) is 1. The molecule has 0 aliphatic carbocycles. The van der Waals surface area contributed by atoms with Crippen LogP contribution >= 0.6 is 0 Å². The van der Waals surface area contributed by atoms with Gasteiger partial charge in [0.15, 0.2) is 0 Å². The lowest BCUT2D eigenvalue weighted by molar-refractivity contribution is -0.137. The number of anilines is 1. The van der Waals surface area contributed by atoms with Gasteiger partial charge in [0, 0.05) is 46.0 Å². The number of nitrogens with zero attached hydrogens (tertiary/aromatic N) is 2. The van der Waals surface area contributed by atoms with E-state index in [0.717, 1.165) is 43.5 Å². The highest BCUT2D eigenvalue weighted by atomic mass is 19.4. The van der Waals surface area contributed by atoms with Crippen molar-refractivity contribution in [2.75, 3.05) is 45.2 Å². The van der Waals surface area contributed by atoms with Crippen LogP contribution in [0.5, 0.6) is 0 Å². The van der Waals surface area contributed by atoms with Gasteiger partial charge in [-0.15, -0.1) is 0 Å². The Hall–Kier alpha value is -2.05. The molecular formula is C20H24F3N3. The summed E-state index contributed by atoms with van der Waals surface area (Å²) in [5, 5.41) is 3.30. The second-order valence-corrected chi connectivity index (χ2v) is 6.80. The van der Waals surface area contributed by atoms with E-state index in [1.807, 2.05) is 43.3 Å². The standard InChI is InChI=1S/C20H24F3N3/c1-25(2)18-8-6-15(7-9-18)19(26-12-10-24-11-13-26)16-4-3-5-17(14-16)20(21,22)23/h3-9,14,19,24H,10-13H2,1-2H3. The van der Waals surface area contributed by atoms with E-state index in [2.05, 4.69) is 10.2 Å². The number of rotatable bonds is 4. The van der Waals surface area contributed by atoms with E-state index >= 15 is 0 Å². The molecule has 1 atom stereocenters. The molecule has 0 spiro atoms. The number of halogens is 3. The second kappa shape index (κ2) is 7.68. The van der Waals surface area contributed by atoms with Crippen LogP contribution in [0, 0.1) is 0 Å². The molecule has 1 N–H and O–H groups in total. The summed E-state index contributed by atoms with van der Waals surface area (Å²) in [4.78, 5) is 4.25. The first-order valence-electron chi connectivity index (χ1n) is 8.75. The van der Waals surface area contributed by atoms with Gasteiger partial charge in [0.2, 0.25) is 0 Å². The zero-order chi connectivity index (χ0) is 18.7. The van der Waals surface area contributed by atoms with Gasteiger partial charge in [-0.05, 0) is 35.4 Å². The van der Waals surface area contributed by atoms with Crippen LogP contribution in [0.4, 0.5) is 18.9 Å². The maximum atomic E-state index is 13.2. The Bertz CT molecular complexity index is 720. The highest BCUT2D eigenvalue weighted by Crippen LogP contribution is 2.35. The third-order valence-electron chi connectivity index (χ3n) is 4.77. The zero-order valence-corrected chi connectivity index (χ0v) is 15.1. The molecule has 1 saturated heterocycles. The van der Waals surface area contributed by atoms with Crippen molar-refractivity contribution in [3.05, 3.63) is 65.2 Å². The van der Waals surface area contributed by atoms with Crippen LogP contribution in [0.15, 0.2) is 48.5 Å². The molecule has 3 rings (SSSR count). The molecular weight excluding hydrogens is 339 g/mol. The van der Waals surface area contributed by atoms with Crippen LogP contribution in [0.3, 0.4) is 0 Å². The Morgan fingerprint density at radius 3 is 2.19 bits per heavy atom. The monoisotopic (exact) mass is 363 g/mol. The third-order valence-corrected chi connectivity index (χ3v) is 4.77. The third kappa shape index (κ3) is 4.19. The smallest absolute Gasteiger partial charge is 0.378 e. The average Bonchev–Trinajstić information content (AvgIpc) is 2.63. The van der Waals surface area contributed by atoms with Crippen molar-refractivity contribution < 1.29 is 13.2 Å². The maximum Gasteiger partial charge on any atom is 0.416 e. The minimum Gasteiger partial charge on any atom is -0.378 e. The Balaban J connectivity index is 2.01. The lowest BCUT2D eigenvalue weighted by Crippen LogP contribution is -2.45. The number of piperazine rings is 1. The fourth-order valence-electron chi connectivity index (χ4n) is 3.39. The van der Waals surface area contributed by atoms with Gasteiger partial charge in [-0.3, -0.25) is 4.90 Å². The maximum absolute atomic E-state index is 13.2. The van der Waals surface area contributed by atoms with E-state index in [1.54, 1.807) is 6.07 Å². The van der Waals surface area contributed by atoms with Gasteiger partial charge in [0.25, 0.3) is 0 Å². The molecule has 140 valence electrons. The van der Waals surface area contributed by atoms with Crippen LogP contribution < -0.4 is 10.2 Å². The molecule has 1 unspecified atom stereocenters. The average molecular weight is 363 g/mol. The van der Waals surface area contributed by atoms with Crippen molar-refractivity contribution >= 4 is 5.69 Å². The molecule has 0 amide bonds. The SMILES string of the molecule is CN(C)c1ccc(C(c2cccc(C(F)(F)F)c2)N2CCNCC2)cc1. The molecule has 2 aromatic carbocycles. The van der Waals surface area contributed by atoms with Crippen molar-refractivity contribution in [1.29, 1.82) is 0 Å². The van der Waals surface area contributed by atoms with Crippen molar-refractivity contribution in [1.82, 2.24) is 10.2 Å². The van der Waals surface area contributed by atoms with Gasteiger partial charge in [-0.25, -0.2) is 0 Å². The molecule has 1 heterocycles. The topological polar surface area (TPSA) is 18.5 Å². The predicted octanol–water partition coefficient (Wildman–Crippen LogP) is 3.77. The van der Waals surface area contributed by atoms with Gasteiger partial charge < -0.3 is 10.2 Å². The van der Waals surface area contributed by atoms with Crippen molar-refractivity contribution in [2.45, 2.75) is 12.2 Å². The second-order valence-electron chi connectivity index (χ2n) is 6.80. The molecule has 0 radical (unpaired) electrons. The van der Waals surface area contributed by atoms with E-state index in [0.29, 0.717) is 5.56 Å². The highest BCUT2D eigenvalue weighted by molar-refractivity contribution is 5.48. The van der Waals surface area contributed by atoms with Gasteiger partial charge >= 0.3 is 6.18 Å². The Morgan fingerprint density at radius 1 is 0.962 bits per heavy atom. The molecule has 1 aliphatic rings. The van der Waals surface area contributed by atoms with E-state index in [4.69, 9.17) is 0 Å². The summed E-state index contributed by atoms with van der Waals surface area (Å²) in [6.07, 6.45) is -4.33. The van der Waals surface area contributed by atoms with Gasteiger partial charge in [-0.2, -0.15) is 13.2 Å². The summed E-state index contributed by atoms with van der Waals surface area (Å²) < 4.78 is 39.6. The predicted molar refractivity (Wildman–Crippen MR) is 98.5 cm³/mol. The van der Waals surface area contributed by atoms with Gasteiger partial charge in [-0.1, -0.05) is 24.3 Å². The van der Waals surface area contributed by atoms with E-state index in [1.165, 1.54) is 12.1 Å². The molecule has 6 heteroatoms. The Kier molecular flexibility index (Phi) is 5.53. The quantitative estimate of drug-likeness (QED) is 0.892. The minimum atomic E-state index is -4.33. The Labute approximate surface area is 152 Å². The molecule has 2 aromatic rings. The van der Waals surface area contributed by atoms with Crippen LogP contribution in [0.2, 0.25) is 0 Å². The van der Waals surface area contributed by atoms with E-state index in [9.17, 15) is 13.2 Å². The Morgan fingerprint density at radius 2 is 1.62 bits per heavy atom. The van der Waals surface area contributed by atoms with Crippen molar-refractivity contribution in [3.8, 4) is 0 Å². The normalized spacial score (nSPS) is 17.1. The van der Waals surface area contributed by atoms with Crippen LogP contribution in [-0.2, 0) is 6.18 Å². The number of nitrogens with one attached hydrogen (secondary N) is 1. The summed E-state index contributed by atoms with van der Waals surface area (Å²) in [5.74, 6) is 0. The number of hydrogen-bond acceptors (Lipinski definition) is 3. The molecule has 1 aliphatic heterocycles. The zero-order valence-electron chi connectivity index (χ0n) is 15.1. The van der Waals surface area contributed by atoms with Crippen molar-refractivity contribution in [3.63, 3.8) is 0 Å². The lowest BCUT2D eigenvalue weighted by Gasteiger charge is -2.36. The van der Waals surface area contributed by atoms with Gasteiger partial charge in [0.05, 0.1) is 11.6 Å².